The number of halogens is 1. The summed E-state index contributed by atoms with van der Waals surface area (Å²) in [5.74, 6) is 0.410. The molecule has 29 heavy (non-hydrogen) atoms. The van der Waals surface area contributed by atoms with Crippen LogP contribution in [0.2, 0.25) is 0 Å². The van der Waals surface area contributed by atoms with E-state index in [0.29, 0.717) is 17.8 Å². The Morgan fingerprint density at radius 2 is 1.93 bits per heavy atom. The van der Waals surface area contributed by atoms with Gasteiger partial charge >= 0.3 is 0 Å². The maximum Gasteiger partial charge on any atom is 0.229 e. The first kappa shape index (κ1) is 19.1. The van der Waals surface area contributed by atoms with Crippen molar-refractivity contribution in [3.05, 3.63) is 72.0 Å². The van der Waals surface area contributed by atoms with E-state index in [0.717, 1.165) is 36.5 Å². The van der Waals surface area contributed by atoms with Crippen LogP contribution in [0.5, 0.6) is 0 Å². The first-order valence-electron chi connectivity index (χ1n) is 9.81. The molecule has 0 radical (unpaired) electrons. The number of para-hydroxylation sites is 1. The number of rotatable bonds is 4. The number of nitrogens with zero attached hydrogens (tertiary/aromatic N) is 3. The molecule has 1 saturated heterocycles. The quantitative estimate of drug-likeness (QED) is 0.715. The van der Waals surface area contributed by atoms with Gasteiger partial charge in [0.1, 0.15) is 5.82 Å². The van der Waals surface area contributed by atoms with Gasteiger partial charge in [-0.1, -0.05) is 30.3 Å². The normalized spacial score (nSPS) is 16.5. The SMILES string of the molecule is Cc1cc(-c2cccc(F)c2)nnc1N1CCC[C@H](C(=O)Nc2ccccc2)C1. The minimum atomic E-state index is -0.297. The number of carbonyl (C=O) groups excluding carboxylic acids is 1. The fourth-order valence-electron chi connectivity index (χ4n) is 3.73. The molecule has 1 aliphatic heterocycles. The number of carbonyl (C=O) groups is 1. The Kier molecular flexibility index (Phi) is 5.51. The highest BCUT2D eigenvalue weighted by Gasteiger charge is 2.27. The van der Waals surface area contributed by atoms with Crippen molar-refractivity contribution in [1.29, 1.82) is 0 Å². The lowest BCUT2D eigenvalue weighted by Crippen LogP contribution is -2.41. The summed E-state index contributed by atoms with van der Waals surface area (Å²) in [4.78, 5) is 14.8. The fraction of sp³-hybridized carbons (Fsp3) is 0.261. The summed E-state index contributed by atoms with van der Waals surface area (Å²) in [5, 5.41) is 11.7. The molecule has 5 nitrogen and oxygen atoms in total. The van der Waals surface area contributed by atoms with E-state index in [2.05, 4.69) is 20.4 Å². The number of amides is 1. The summed E-state index contributed by atoms with van der Waals surface area (Å²) in [6, 6.07) is 17.8. The van der Waals surface area contributed by atoms with Crippen LogP contribution in [0.25, 0.3) is 11.3 Å². The molecule has 0 saturated carbocycles. The van der Waals surface area contributed by atoms with Gasteiger partial charge in [0.15, 0.2) is 5.82 Å². The van der Waals surface area contributed by atoms with E-state index in [1.54, 1.807) is 6.07 Å². The molecule has 0 bridgehead atoms. The molecular weight excluding hydrogens is 367 g/mol. The molecule has 6 heteroatoms. The van der Waals surface area contributed by atoms with Gasteiger partial charge in [-0.15, -0.1) is 10.2 Å². The summed E-state index contributed by atoms with van der Waals surface area (Å²) in [7, 11) is 0. The fourth-order valence-corrected chi connectivity index (χ4v) is 3.73. The third-order valence-corrected chi connectivity index (χ3v) is 5.21. The minimum Gasteiger partial charge on any atom is -0.354 e. The van der Waals surface area contributed by atoms with Crippen molar-refractivity contribution in [2.24, 2.45) is 5.92 Å². The summed E-state index contributed by atoms with van der Waals surface area (Å²) in [5.41, 5.74) is 3.11. The zero-order valence-electron chi connectivity index (χ0n) is 16.3. The summed E-state index contributed by atoms with van der Waals surface area (Å²) >= 11 is 0. The van der Waals surface area contributed by atoms with Crippen molar-refractivity contribution in [2.45, 2.75) is 19.8 Å². The van der Waals surface area contributed by atoms with Gasteiger partial charge in [0.25, 0.3) is 0 Å². The second-order valence-corrected chi connectivity index (χ2v) is 7.39. The van der Waals surface area contributed by atoms with Gasteiger partial charge in [0.05, 0.1) is 11.6 Å². The van der Waals surface area contributed by atoms with E-state index < -0.39 is 0 Å². The van der Waals surface area contributed by atoms with E-state index in [9.17, 15) is 9.18 Å². The molecule has 1 N–H and O–H groups in total. The highest BCUT2D eigenvalue weighted by Crippen LogP contribution is 2.27. The molecule has 4 rings (SSSR count). The van der Waals surface area contributed by atoms with Gasteiger partial charge in [-0.2, -0.15) is 0 Å². The Morgan fingerprint density at radius 1 is 1.10 bits per heavy atom. The van der Waals surface area contributed by atoms with Crippen molar-refractivity contribution >= 4 is 17.4 Å². The highest BCUT2D eigenvalue weighted by molar-refractivity contribution is 5.93. The maximum atomic E-state index is 13.5. The summed E-state index contributed by atoms with van der Waals surface area (Å²) < 4.78 is 13.5. The average Bonchev–Trinajstić information content (AvgIpc) is 2.74. The Labute approximate surface area is 169 Å². The second kappa shape index (κ2) is 8.39. The third-order valence-electron chi connectivity index (χ3n) is 5.21. The zero-order valence-corrected chi connectivity index (χ0v) is 16.3. The van der Waals surface area contributed by atoms with Crippen LogP contribution in [0.1, 0.15) is 18.4 Å². The molecule has 1 atom stereocenters. The largest absolute Gasteiger partial charge is 0.354 e. The van der Waals surface area contributed by atoms with Gasteiger partial charge in [0, 0.05) is 24.3 Å². The van der Waals surface area contributed by atoms with Gasteiger partial charge in [-0.05, 0) is 55.7 Å². The molecule has 148 valence electrons. The summed E-state index contributed by atoms with van der Waals surface area (Å²) in [6.45, 7) is 3.41. The Bertz CT molecular complexity index is 1010. The molecule has 1 fully saturated rings. The molecule has 2 heterocycles. The number of benzene rings is 2. The molecule has 1 amide bonds. The molecule has 0 spiro atoms. The van der Waals surface area contributed by atoms with Crippen molar-refractivity contribution < 1.29 is 9.18 Å². The Hall–Kier alpha value is -3.28. The van der Waals surface area contributed by atoms with Gasteiger partial charge in [-0.25, -0.2) is 4.39 Å². The number of nitrogens with one attached hydrogen (secondary N) is 1. The van der Waals surface area contributed by atoms with Crippen molar-refractivity contribution in [3.63, 3.8) is 0 Å². The molecule has 1 aliphatic rings. The highest BCUT2D eigenvalue weighted by atomic mass is 19.1. The van der Waals surface area contributed by atoms with Crippen molar-refractivity contribution in [3.8, 4) is 11.3 Å². The summed E-state index contributed by atoms with van der Waals surface area (Å²) in [6.07, 6.45) is 1.77. The average molecular weight is 390 g/mol. The standard InChI is InChI=1S/C23H23FN4O/c1-16-13-21(17-7-5-9-19(24)14-17)26-27-22(16)28-12-6-8-18(15-28)23(29)25-20-10-3-2-4-11-20/h2-5,7,9-11,13-14,18H,6,8,12,15H2,1H3,(H,25,29)/t18-/m0/s1. The van der Waals surface area contributed by atoms with Crippen LogP contribution in [0.3, 0.4) is 0 Å². The van der Waals surface area contributed by atoms with Gasteiger partial charge in [0.2, 0.25) is 5.91 Å². The van der Waals surface area contributed by atoms with Crippen LogP contribution in [-0.2, 0) is 4.79 Å². The van der Waals surface area contributed by atoms with Crippen LogP contribution in [-0.4, -0.2) is 29.2 Å². The maximum absolute atomic E-state index is 13.5. The Balaban J connectivity index is 1.48. The van der Waals surface area contributed by atoms with E-state index in [1.807, 2.05) is 49.4 Å². The molecule has 0 aliphatic carbocycles. The van der Waals surface area contributed by atoms with E-state index in [-0.39, 0.29) is 17.6 Å². The van der Waals surface area contributed by atoms with Crippen molar-refractivity contribution in [2.75, 3.05) is 23.3 Å². The molecule has 2 aromatic carbocycles. The first-order chi connectivity index (χ1) is 14.1. The molecular formula is C23H23FN4O. The van der Waals surface area contributed by atoms with Crippen LogP contribution < -0.4 is 10.2 Å². The number of aromatic nitrogens is 2. The third kappa shape index (κ3) is 4.42. The predicted octanol–water partition coefficient (Wildman–Crippen LogP) is 4.45. The lowest BCUT2D eigenvalue weighted by atomic mass is 9.96. The van der Waals surface area contributed by atoms with Crippen molar-refractivity contribution in [1.82, 2.24) is 10.2 Å². The smallest absolute Gasteiger partial charge is 0.229 e. The molecule has 0 unspecified atom stereocenters. The van der Waals surface area contributed by atoms with E-state index in [4.69, 9.17) is 0 Å². The molecule has 1 aromatic heterocycles. The second-order valence-electron chi connectivity index (χ2n) is 7.39. The lowest BCUT2D eigenvalue weighted by molar-refractivity contribution is -0.120. The Morgan fingerprint density at radius 3 is 2.69 bits per heavy atom. The lowest BCUT2D eigenvalue weighted by Gasteiger charge is -2.33. The minimum absolute atomic E-state index is 0.0305. The monoisotopic (exact) mass is 390 g/mol. The first-order valence-corrected chi connectivity index (χ1v) is 9.81. The van der Waals surface area contributed by atoms with Crippen LogP contribution in [0.15, 0.2) is 60.7 Å². The van der Waals surface area contributed by atoms with Crippen LogP contribution in [0, 0.1) is 18.7 Å². The zero-order chi connectivity index (χ0) is 20.2. The molecule has 3 aromatic rings. The van der Waals surface area contributed by atoms with Crippen LogP contribution >= 0.6 is 0 Å². The predicted molar refractivity (Wildman–Crippen MR) is 112 cm³/mol. The number of hydrogen-bond donors (Lipinski definition) is 1. The number of aryl methyl sites for hydroxylation is 1. The number of hydrogen-bond acceptors (Lipinski definition) is 4. The van der Waals surface area contributed by atoms with E-state index >= 15 is 0 Å². The van der Waals surface area contributed by atoms with Gasteiger partial charge in [-0.3, -0.25) is 4.79 Å². The van der Waals surface area contributed by atoms with E-state index in [1.165, 1.54) is 12.1 Å². The number of piperidine rings is 1. The van der Waals surface area contributed by atoms with Crippen LogP contribution in [0.4, 0.5) is 15.9 Å². The number of anilines is 2. The topological polar surface area (TPSA) is 58.1 Å². The van der Waals surface area contributed by atoms with Gasteiger partial charge < -0.3 is 10.2 Å².